The molecule has 3 aliphatic rings. The highest BCUT2D eigenvalue weighted by Crippen LogP contribution is 2.55. The number of aliphatic hydroxyl groups is 1. The van der Waals surface area contributed by atoms with E-state index in [0.717, 1.165) is 12.1 Å². The monoisotopic (exact) mass is 469 g/mol. The van der Waals surface area contributed by atoms with Gasteiger partial charge in [0.2, 0.25) is 0 Å². The fourth-order valence-corrected chi connectivity index (χ4v) is 5.16. The topological polar surface area (TPSA) is 91.3 Å². The Morgan fingerprint density at radius 3 is 2.45 bits per heavy atom. The lowest BCUT2D eigenvalue weighted by Crippen LogP contribution is -2.57. The summed E-state index contributed by atoms with van der Waals surface area (Å²) >= 11 is 0. The third kappa shape index (κ3) is 3.49. The Kier molecular flexibility index (Phi) is 5.71. The van der Waals surface area contributed by atoms with Crippen LogP contribution in [0.2, 0.25) is 0 Å². The summed E-state index contributed by atoms with van der Waals surface area (Å²) in [4.78, 5) is 26.0. The summed E-state index contributed by atoms with van der Waals surface area (Å²) in [6, 6.07) is 2.28. The fraction of sp³-hybridized carbons (Fsp3) is 0.545. The van der Waals surface area contributed by atoms with E-state index in [9.17, 15) is 27.9 Å². The molecular weight excluding hydrogens is 443 g/mol. The van der Waals surface area contributed by atoms with Gasteiger partial charge in [0, 0.05) is 18.2 Å². The molecule has 4 atom stereocenters. The lowest BCUT2D eigenvalue weighted by molar-refractivity contribution is -0.137. The van der Waals surface area contributed by atoms with Crippen LogP contribution in [0.1, 0.15) is 44.2 Å². The largest absolute Gasteiger partial charge is 0.448 e. The number of carbonyl (C=O) groups is 2. The summed E-state index contributed by atoms with van der Waals surface area (Å²) in [7, 11) is 0. The van der Waals surface area contributed by atoms with E-state index in [2.05, 4.69) is 5.32 Å². The third-order valence-corrected chi connectivity index (χ3v) is 6.53. The average Bonchev–Trinajstić information content (AvgIpc) is 3.34. The van der Waals surface area contributed by atoms with Crippen LogP contribution in [0.5, 0.6) is 0 Å². The third-order valence-electron chi connectivity index (χ3n) is 6.53. The van der Waals surface area contributed by atoms with Gasteiger partial charge < -0.3 is 19.9 Å². The number of halogens is 3. The molecule has 1 aromatic carbocycles. The number of hydrazine groups is 1. The Morgan fingerprint density at radius 2 is 1.85 bits per heavy atom. The van der Waals surface area contributed by atoms with Crippen molar-refractivity contribution in [3.8, 4) is 0 Å². The van der Waals surface area contributed by atoms with E-state index in [1.807, 2.05) is 0 Å². The number of hydrogen-bond acceptors (Lipinski definition) is 6. The number of alkyl halides is 3. The SMILES string of the molecule is CCOC(=O)N1[C@H]2C(=C[C@@H]3c4cc(C(F)(F)F)ccc4N[C@@H]32)[C@](C)(CCO)N1C(=O)OCC. The van der Waals surface area contributed by atoms with E-state index in [1.165, 1.54) is 16.1 Å². The van der Waals surface area contributed by atoms with Gasteiger partial charge in [0.15, 0.2) is 0 Å². The van der Waals surface area contributed by atoms with Crippen molar-refractivity contribution in [2.24, 2.45) is 0 Å². The van der Waals surface area contributed by atoms with E-state index in [4.69, 9.17) is 9.47 Å². The lowest BCUT2D eigenvalue weighted by atomic mass is 9.87. The van der Waals surface area contributed by atoms with Crippen molar-refractivity contribution < 1.29 is 37.3 Å². The van der Waals surface area contributed by atoms with Crippen LogP contribution in [0, 0.1) is 0 Å². The molecule has 33 heavy (non-hydrogen) atoms. The molecule has 0 spiro atoms. The minimum Gasteiger partial charge on any atom is -0.448 e. The molecule has 0 saturated carbocycles. The van der Waals surface area contributed by atoms with Gasteiger partial charge in [-0.05, 0) is 56.5 Å². The van der Waals surface area contributed by atoms with Gasteiger partial charge in [-0.3, -0.25) is 0 Å². The Hall–Kier alpha value is -2.95. The number of fused-ring (bicyclic) bond motifs is 5. The summed E-state index contributed by atoms with van der Waals surface area (Å²) in [5.74, 6) is -0.457. The molecular formula is C22H26F3N3O5. The van der Waals surface area contributed by atoms with E-state index >= 15 is 0 Å². The maximum atomic E-state index is 13.3. The zero-order valence-electron chi connectivity index (χ0n) is 18.5. The molecule has 1 saturated heterocycles. The average molecular weight is 469 g/mol. The first kappa shape index (κ1) is 23.2. The number of ether oxygens (including phenoxy) is 2. The first-order chi connectivity index (χ1) is 15.6. The molecule has 0 aromatic heterocycles. The summed E-state index contributed by atoms with van der Waals surface area (Å²) in [6.45, 7) is 4.81. The van der Waals surface area contributed by atoms with Gasteiger partial charge in [-0.2, -0.15) is 13.2 Å². The van der Waals surface area contributed by atoms with Crippen molar-refractivity contribution in [3.63, 3.8) is 0 Å². The smallest absolute Gasteiger partial charge is 0.429 e. The van der Waals surface area contributed by atoms with E-state index in [-0.39, 0.29) is 26.2 Å². The van der Waals surface area contributed by atoms with Crippen LogP contribution in [-0.4, -0.2) is 64.8 Å². The molecule has 1 aliphatic carbocycles. The molecule has 8 nitrogen and oxygen atoms in total. The van der Waals surface area contributed by atoms with E-state index in [0.29, 0.717) is 16.8 Å². The van der Waals surface area contributed by atoms with E-state index < -0.39 is 47.5 Å². The maximum Gasteiger partial charge on any atom is 0.429 e. The highest BCUT2D eigenvalue weighted by molar-refractivity contribution is 5.80. The van der Waals surface area contributed by atoms with Crippen molar-refractivity contribution in [2.45, 2.75) is 56.9 Å². The van der Waals surface area contributed by atoms with Crippen molar-refractivity contribution in [1.82, 2.24) is 10.0 Å². The number of benzene rings is 1. The number of nitrogens with one attached hydrogen (secondary N) is 1. The number of amides is 2. The predicted octanol–water partition coefficient (Wildman–Crippen LogP) is 3.88. The molecule has 0 unspecified atom stereocenters. The number of anilines is 1. The molecule has 1 aromatic rings. The second-order valence-corrected chi connectivity index (χ2v) is 8.36. The molecule has 4 rings (SSSR count). The van der Waals surface area contributed by atoms with Crippen LogP contribution in [0.25, 0.3) is 0 Å². The molecule has 180 valence electrons. The van der Waals surface area contributed by atoms with Gasteiger partial charge in [-0.25, -0.2) is 19.6 Å². The molecule has 0 bridgehead atoms. The van der Waals surface area contributed by atoms with Gasteiger partial charge in [-0.1, -0.05) is 6.08 Å². The van der Waals surface area contributed by atoms with Crippen LogP contribution >= 0.6 is 0 Å². The highest BCUT2D eigenvalue weighted by Gasteiger charge is 2.63. The van der Waals surface area contributed by atoms with Crippen LogP contribution < -0.4 is 5.32 Å². The molecule has 11 heteroatoms. The highest BCUT2D eigenvalue weighted by atomic mass is 19.4. The normalized spacial score (nSPS) is 27.5. The predicted molar refractivity (Wildman–Crippen MR) is 111 cm³/mol. The number of aliphatic hydroxyl groups excluding tert-OH is 1. The second-order valence-electron chi connectivity index (χ2n) is 8.36. The van der Waals surface area contributed by atoms with Crippen LogP contribution in [0.3, 0.4) is 0 Å². The first-order valence-corrected chi connectivity index (χ1v) is 10.8. The Labute approximate surface area is 188 Å². The molecule has 2 heterocycles. The van der Waals surface area contributed by atoms with Gasteiger partial charge in [0.05, 0.1) is 30.4 Å². The molecule has 2 amide bonds. The van der Waals surface area contributed by atoms with Crippen LogP contribution in [0.15, 0.2) is 29.8 Å². The Balaban J connectivity index is 1.83. The molecule has 0 radical (unpaired) electrons. The van der Waals surface area contributed by atoms with Gasteiger partial charge >= 0.3 is 18.4 Å². The van der Waals surface area contributed by atoms with Gasteiger partial charge in [0.1, 0.15) is 6.04 Å². The Morgan fingerprint density at radius 1 is 1.18 bits per heavy atom. The fourth-order valence-electron chi connectivity index (χ4n) is 5.16. The number of rotatable bonds is 4. The molecule has 1 fully saturated rings. The molecule has 2 aliphatic heterocycles. The van der Waals surface area contributed by atoms with Crippen molar-refractivity contribution in [1.29, 1.82) is 0 Å². The van der Waals surface area contributed by atoms with Gasteiger partial charge in [0.25, 0.3) is 0 Å². The first-order valence-electron chi connectivity index (χ1n) is 10.8. The zero-order chi connectivity index (χ0) is 24.1. The summed E-state index contributed by atoms with van der Waals surface area (Å²) in [6.07, 6.45) is -4.15. The zero-order valence-corrected chi connectivity index (χ0v) is 18.5. The van der Waals surface area contributed by atoms with Gasteiger partial charge in [-0.15, -0.1) is 0 Å². The molecule has 2 N–H and O–H groups in total. The van der Waals surface area contributed by atoms with Crippen molar-refractivity contribution >= 4 is 17.9 Å². The van der Waals surface area contributed by atoms with Crippen molar-refractivity contribution in [3.05, 3.63) is 41.0 Å². The number of carbonyl (C=O) groups excluding carboxylic acids is 2. The lowest BCUT2D eigenvalue weighted by Gasteiger charge is -2.38. The second kappa shape index (κ2) is 8.12. The van der Waals surface area contributed by atoms with Crippen LogP contribution in [0.4, 0.5) is 28.4 Å². The van der Waals surface area contributed by atoms with Crippen molar-refractivity contribution in [2.75, 3.05) is 25.1 Å². The number of nitrogens with zero attached hydrogens (tertiary/aromatic N) is 2. The van der Waals surface area contributed by atoms with E-state index in [1.54, 1.807) is 26.8 Å². The Bertz CT molecular complexity index is 998. The van der Waals surface area contributed by atoms with Crippen LogP contribution in [-0.2, 0) is 15.7 Å². The maximum absolute atomic E-state index is 13.3. The minimum atomic E-state index is -4.49. The summed E-state index contributed by atoms with van der Waals surface area (Å²) < 4.78 is 50.4. The summed E-state index contributed by atoms with van der Waals surface area (Å²) in [5.41, 5.74) is -0.243. The standard InChI is InChI=1S/C22H26F3N3O5/c1-4-32-19(30)27-18-15(21(3,8-9-29)28(27)20(31)33-5-2)11-14-13-10-12(22(23,24)25)6-7-16(13)26-17(14)18/h6-7,10-11,14,17-18,26,29H,4-5,8-9H2,1-3H3/t14-,17+,18+,21+/m1/s1. The minimum absolute atomic E-state index is 0.0607. The number of hydrogen-bond donors (Lipinski definition) is 2. The summed E-state index contributed by atoms with van der Waals surface area (Å²) in [5, 5.41) is 15.4. The quantitative estimate of drug-likeness (QED) is 0.651.